The number of benzene rings is 1. The van der Waals surface area contributed by atoms with Gasteiger partial charge in [0.2, 0.25) is 0 Å². The van der Waals surface area contributed by atoms with Crippen LogP contribution in [-0.2, 0) is 10.0 Å². The molecule has 9 heteroatoms. The van der Waals surface area contributed by atoms with Gasteiger partial charge >= 0.3 is 6.61 Å². The van der Waals surface area contributed by atoms with E-state index in [0.717, 1.165) is 0 Å². The van der Waals surface area contributed by atoms with Crippen molar-refractivity contribution in [3.63, 3.8) is 0 Å². The average Bonchev–Trinajstić information content (AvgIpc) is 2.40. The van der Waals surface area contributed by atoms with Crippen LogP contribution >= 0.6 is 0 Å². The molecule has 0 saturated heterocycles. The van der Waals surface area contributed by atoms with E-state index < -0.39 is 16.6 Å². The van der Waals surface area contributed by atoms with Crippen LogP contribution < -0.4 is 15.2 Å². The van der Waals surface area contributed by atoms with Gasteiger partial charge < -0.3 is 10.5 Å². The summed E-state index contributed by atoms with van der Waals surface area (Å²) in [4.78, 5) is 3.64. The van der Waals surface area contributed by atoms with Crippen LogP contribution in [0.5, 0.6) is 5.75 Å². The Kier molecular flexibility index (Phi) is 4.22. The Balaban J connectivity index is 2.17. The molecule has 2 aromatic rings. The minimum Gasteiger partial charge on any atom is -0.435 e. The van der Waals surface area contributed by atoms with Gasteiger partial charge in [-0.1, -0.05) is 0 Å². The van der Waals surface area contributed by atoms with E-state index in [1.807, 2.05) is 0 Å². The van der Waals surface area contributed by atoms with Crippen LogP contribution in [0.15, 0.2) is 47.5 Å². The largest absolute Gasteiger partial charge is 0.435 e. The molecule has 1 aromatic heterocycles. The topological polar surface area (TPSA) is 94.3 Å². The fourth-order valence-corrected chi connectivity index (χ4v) is 2.59. The molecule has 0 saturated carbocycles. The quantitative estimate of drug-likeness (QED) is 0.881. The maximum Gasteiger partial charge on any atom is 0.387 e. The number of pyridine rings is 1. The molecule has 0 aliphatic rings. The van der Waals surface area contributed by atoms with Crippen LogP contribution in [0.4, 0.5) is 20.3 Å². The van der Waals surface area contributed by atoms with Crippen molar-refractivity contribution in [1.29, 1.82) is 0 Å². The number of aromatic nitrogens is 1. The van der Waals surface area contributed by atoms with E-state index in [1.54, 1.807) is 0 Å². The lowest BCUT2D eigenvalue weighted by Gasteiger charge is -2.09. The van der Waals surface area contributed by atoms with Crippen molar-refractivity contribution in [2.75, 3.05) is 10.5 Å². The van der Waals surface area contributed by atoms with Crippen molar-refractivity contribution < 1.29 is 21.9 Å². The molecule has 0 aliphatic carbocycles. The number of nitrogens with zero attached hydrogens (tertiary/aromatic N) is 1. The van der Waals surface area contributed by atoms with Crippen LogP contribution in [0.2, 0.25) is 0 Å². The van der Waals surface area contributed by atoms with Gasteiger partial charge in [0.1, 0.15) is 11.6 Å². The summed E-state index contributed by atoms with van der Waals surface area (Å²) in [6.45, 7) is -2.94. The smallest absolute Gasteiger partial charge is 0.387 e. The molecule has 0 atom stereocenters. The first-order chi connectivity index (χ1) is 9.87. The van der Waals surface area contributed by atoms with Crippen LogP contribution in [0.25, 0.3) is 0 Å². The second kappa shape index (κ2) is 5.92. The van der Waals surface area contributed by atoms with Gasteiger partial charge in [0.05, 0.1) is 4.90 Å². The van der Waals surface area contributed by atoms with Crippen LogP contribution in [-0.4, -0.2) is 20.0 Å². The van der Waals surface area contributed by atoms with Crippen LogP contribution in [0.1, 0.15) is 0 Å². The van der Waals surface area contributed by atoms with Gasteiger partial charge in [0.15, 0.2) is 0 Å². The number of nitrogens with one attached hydrogen (secondary N) is 1. The molecule has 0 radical (unpaired) electrons. The third kappa shape index (κ3) is 4.02. The van der Waals surface area contributed by atoms with Crippen LogP contribution in [0, 0.1) is 0 Å². The first kappa shape index (κ1) is 15.0. The van der Waals surface area contributed by atoms with E-state index in [-0.39, 0.29) is 22.2 Å². The van der Waals surface area contributed by atoms with Gasteiger partial charge in [0, 0.05) is 18.0 Å². The Labute approximate surface area is 119 Å². The summed E-state index contributed by atoms with van der Waals surface area (Å²) in [6.07, 6.45) is 1.27. The molecule has 2 rings (SSSR count). The van der Waals surface area contributed by atoms with Gasteiger partial charge in [0.25, 0.3) is 10.0 Å². The van der Waals surface area contributed by atoms with E-state index >= 15 is 0 Å². The molecule has 0 spiro atoms. The molecule has 0 aliphatic heterocycles. The highest BCUT2D eigenvalue weighted by molar-refractivity contribution is 7.92. The number of halogens is 2. The van der Waals surface area contributed by atoms with E-state index in [1.165, 1.54) is 42.6 Å². The Hall–Kier alpha value is -2.42. The van der Waals surface area contributed by atoms with Crippen molar-refractivity contribution in [2.24, 2.45) is 0 Å². The summed E-state index contributed by atoms with van der Waals surface area (Å²) in [5.74, 6) is -0.000315. The molecule has 6 nitrogen and oxygen atoms in total. The van der Waals surface area contributed by atoms with E-state index in [2.05, 4.69) is 14.4 Å². The molecule has 3 N–H and O–H groups in total. The van der Waals surface area contributed by atoms with E-state index in [0.29, 0.717) is 0 Å². The molecule has 0 unspecified atom stereocenters. The normalized spacial score (nSPS) is 11.4. The summed E-state index contributed by atoms with van der Waals surface area (Å²) in [7, 11) is -3.83. The second-order valence-electron chi connectivity index (χ2n) is 3.92. The summed E-state index contributed by atoms with van der Waals surface area (Å²) in [5, 5.41) is 0. The monoisotopic (exact) mass is 315 g/mol. The predicted molar refractivity (Wildman–Crippen MR) is 72.5 cm³/mol. The number of anilines is 2. The highest BCUT2D eigenvalue weighted by atomic mass is 32.2. The third-order valence-corrected chi connectivity index (χ3v) is 3.77. The lowest BCUT2D eigenvalue weighted by molar-refractivity contribution is -0.0498. The first-order valence-corrected chi connectivity index (χ1v) is 7.14. The highest BCUT2D eigenvalue weighted by Crippen LogP contribution is 2.21. The average molecular weight is 315 g/mol. The van der Waals surface area contributed by atoms with Crippen molar-refractivity contribution >= 4 is 21.5 Å². The zero-order valence-corrected chi connectivity index (χ0v) is 11.3. The number of nitrogen functional groups attached to an aromatic ring is 1. The Morgan fingerprint density at radius 3 is 2.43 bits per heavy atom. The lowest BCUT2D eigenvalue weighted by Crippen LogP contribution is -2.13. The molecule has 21 heavy (non-hydrogen) atoms. The number of ether oxygens (including phenoxy) is 1. The number of hydrogen-bond acceptors (Lipinski definition) is 5. The molecular formula is C12H11F2N3O3S. The fraction of sp³-hybridized carbons (Fsp3) is 0.0833. The van der Waals surface area contributed by atoms with Gasteiger partial charge in [-0.3, -0.25) is 4.72 Å². The number of hydrogen-bond donors (Lipinski definition) is 2. The standard InChI is InChI=1S/C12H11F2N3O3S/c13-12(14)20-9-3-1-8(2-4-9)17-21(18,19)10-5-6-16-11(15)7-10/h1-7,12,17H,(H2,15,16). The third-order valence-electron chi connectivity index (χ3n) is 2.39. The summed E-state index contributed by atoms with van der Waals surface area (Å²) < 4.78 is 54.6. The van der Waals surface area contributed by atoms with Crippen LogP contribution in [0.3, 0.4) is 0 Å². The van der Waals surface area contributed by atoms with E-state index in [4.69, 9.17) is 5.73 Å². The van der Waals surface area contributed by atoms with E-state index in [9.17, 15) is 17.2 Å². The molecule has 1 heterocycles. The second-order valence-corrected chi connectivity index (χ2v) is 5.61. The number of nitrogens with two attached hydrogens (primary N) is 1. The molecule has 0 amide bonds. The highest BCUT2D eigenvalue weighted by Gasteiger charge is 2.15. The Morgan fingerprint density at radius 1 is 1.19 bits per heavy atom. The minimum absolute atomic E-state index is 0.0529. The van der Waals surface area contributed by atoms with Gasteiger partial charge in [-0.05, 0) is 30.3 Å². The maximum atomic E-state index is 12.1. The minimum atomic E-state index is -3.83. The molecule has 1 aromatic carbocycles. The SMILES string of the molecule is Nc1cc(S(=O)(=O)Nc2ccc(OC(F)F)cc2)ccn1. The Morgan fingerprint density at radius 2 is 1.86 bits per heavy atom. The predicted octanol–water partition coefficient (Wildman–Crippen LogP) is 2.07. The fourth-order valence-electron chi connectivity index (χ4n) is 1.51. The lowest BCUT2D eigenvalue weighted by atomic mass is 10.3. The van der Waals surface area contributed by atoms with Gasteiger partial charge in [-0.25, -0.2) is 13.4 Å². The summed E-state index contributed by atoms with van der Waals surface area (Å²) in [5.41, 5.74) is 5.62. The van der Waals surface area contributed by atoms with Gasteiger partial charge in [-0.15, -0.1) is 0 Å². The van der Waals surface area contributed by atoms with Crippen molar-refractivity contribution in [1.82, 2.24) is 4.98 Å². The molecular weight excluding hydrogens is 304 g/mol. The summed E-state index contributed by atoms with van der Waals surface area (Å²) >= 11 is 0. The maximum absolute atomic E-state index is 12.1. The Bertz CT molecular complexity index is 721. The summed E-state index contributed by atoms with van der Waals surface area (Å²) in [6, 6.07) is 7.55. The zero-order chi connectivity index (χ0) is 15.5. The molecule has 0 bridgehead atoms. The van der Waals surface area contributed by atoms with Crippen molar-refractivity contribution in [2.45, 2.75) is 11.5 Å². The zero-order valence-electron chi connectivity index (χ0n) is 10.5. The van der Waals surface area contributed by atoms with Crippen molar-refractivity contribution in [3.05, 3.63) is 42.6 Å². The number of sulfonamides is 1. The number of rotatable bonds is 5. The molecule has 112 valence electrons. The van der Waals surface area contributed by atoms with Gasteiger partial charge in [-0.2, -0.15) is 8.78 Å². The number of alkyl halides is 2. The van der Waals surface area contributed by atoms with Crippen molar-refractivity contribution in [3.8, 4) is 5.75 Å². The molecule has 0 fully saturated rings. The first-order valence-electron chi connectivity index (χ1n) is 5.66.